The molecule has 0 aliphatic carbocycles. The van der Waals surface area contributed by atoms with Crippen molar-refractivity contribution >= 4 is 0 Å². The van der Waals surface area contributed by atoms with Gasteiger partial charge in [0.05, 0.1) is 0 Å². The van der Waals surface area contributed by atoms with Gasteiger partial charge in [0, 0.05) is 18.0 Å². The van der Waals surface area contributed by atoms with Crippen LogP contribution in [0.15, 0.2) is 12.1 Å². The summed E-state index contributed by atoms with van der Waals surface area (Å²) < 4.78 is 11.5. The standard InChI is InChI=1S/C12H15NO2/c1-7-4-8-2-3-9-5-10(13)6-14-11(9)12(8)15-7/h2-3,7,10H,4-6,13H2,1H3. The summed E-state index contributed by atoms with van der Waals surface area (Å²) in [6, 6.07) is 4.38. The van der Waals surface area contributed by atoms with E-state index in [9.17, 15) is 0 Å². The first-order valence-electron chi connectivity index (χ1n) is 5.44. The first-order valence-corrected chi connectivity index (χ1v) is 5.44. The van der Waals surface area contributed by atoms with E-state index in [0.717, 1.165) is 24.3 Å². The molecular weight excluding hydrogens is 190 g/mol. The molecule has 0 saturated heterocycles. The summed E-state index contributed by atoms with van der Waals surface area (Å²) in [4.78, 5) is 0. The van der Waals surface area contributed by atoms with Gasteiger partial charge in [0.25, 0.3) is 0 Å². The topological polar surface area (TPSA) is 44.5 Å². The van der Waals surface area contributed by atoms with Crippen molar-refractivity contribution in [2.24, 2.45) is 5.73 Å². The summed E-state index contributed by atoms with van der Waals surface area (Å²) >= 11 is 0. The Labute approximate surface area is 89.2 Å². The van der Waals surface area contributed by atoms with Crippen molar-refractivity contribution < 1.29 is 9.47 Å². The van der Waals surface area contributed by atoms with Gasteiger partial charge in [-0.05, 0) is 18.9 Å². The highest BCUT2D eigenvalue weighted by Gasteiger charge is 2.28. The normalized spacial score (nSPS) is 27.6. The smallest absolute Gasteiger partial charge is 0.165 e. The van der Waals surface area contributed by atoms with Crippen LogP contribution in [0.1, 0.15) is 18.1 Å². The van der Waals surface area contributed by atoms with Gasteiger partial charge in [-0.2, -0.15) is 0 Å². The van der Waals surface area contributed by atoms with Crippen LogP contribution in [0.5, 0.6) is 11.5 Å². The maximum Gasteiger partial charge on any atom is 0.165 e. The lowest BCUT2D eigenvalue weighted by Crippen LogP contribution is -2.33. The van der Waals surface area contributed by atoms with Crippen LogP contribution in [-0.2, 0) is 12.8 Å². The molecule has 3 rings (SSSR count). The molecule has 2 unspecified atom stereocenters. The van der Waals surface area contributed by atoms with Crippen LogP contribution >= 0.6 is 0 Å². The highest BCUT2D eigenvalue weighted by Crippen LogP contribution is 2.42. The molecule has 1 aromatic carbocycles. The van der Waals surface area contributed by atoms with Crippen LogP contribution in [-0.4, -0.2) is 18.8 Å². The second-order valence-electron chi connectivity index (χ2n) is 4.45. The number of benzene rings is 1. The van der Waals surface area contributed by atoms with Crippen LogP contribution < -0.4 is 15.2 Å². The zero-order chi connectivity index (χ0) is 10.4. The zero-order valence-corrected chi connectivity index (χ0v) is 8.82. The Balaban J connectivity index is 2.06. The number of fused-ring (bicyclic) bond motifs is 3. The Kier molecular flexibility index (Phi) is 1.89. The van der Waals surface area contributed by atoms with Crippen molar-refractivity contribution in [3.63, 3.8) is 0 Å². The average molecular weight is 205 g/mol. The molecule has 3 nitrogen and oxygen atoms in total. The Bertz CT molecular complexity index is 403. The highest BCUT2D eigenvalue weighted by molar-refractivity contribution is 5.55. The molecule has 15 heavy (non-hydrogen) atoms. The van der Waals surface area contributed by atoms with Crippen molar-refractivity contribution in [3.05, 3.63) is 23.3 Å². The minimum absolute atomic E-state index is 0.120. The third-order valence-corrected chi connectivity index (χ3v) is 3.03. The summed E-state index contributed by atoms with van der Waals surface area (Å²) in [6.07, 6.45) is 2.14. The Morgan fingerprint density at radius 1 is 1.20 bits per heavy atom. The number of nitrogens with two attached hydrogens (primary N) is 1. The molecule has 0 bridgehead atoms. The summed E-state index contributed by atoms with van der Waals surface area (Å²) in [7, 11) is 0. The van der Waals surface area contributed by atoms with Gasteiger partial charge in [0.1, 0.15) is 12.7 Å². The van der Waals surface area contributed by atoms with E-state index in [1.807, 2.05) is 0 Å². The molecule has 2 aliphatic heterocycles. The minimum Gasteiger partial charge on any atom is -0.488 e. The van der Waals surface area contributed by atoms with E-state index >= 15 is 0 Å². The fraction of sp³-hybridized carbons (Fsp3) is 0.500. The van der Waals surface area contributed by atoms with E-state index in [4.69, 9.17) is 15.2 Å². The van der Waals surface area contributed by atoms with E-state index < -0.39 is 0 Å². The van der Waals surface area contributed by atoms with Crippen LogP contribution in [0.25, 0.3) is 0 Å². The molecule has 0 fully saturated rings. The third kappa shape index (κ3) is 1.38. The predicted octanol–water partition coefficient (Wildman–Crippen LogP) is 1.27. The number of rotatable bonds is 0. The molecule has 2 atom stereocenters. The van der Waals surface area contributed by atoms with Gasteiger partial charge in [0.15, 0.2) is 11.5 Å². The fourth-order valence-electron chi connectivity index (χ4n) is 2.34. The van der Waals surface area contributed by atoms with E-state index in [0.29, 0.717) is 6.61 Å². The van der Waals surface area contributed by atoms with E-state index in [-0.39, 0.29) is 12.1 Å². The molecule has 3 heteroatoms. The van der Waals surface area contributed by atoms with Crippen LogP contribution in [0.2, 0.25) is 0 Å². The second kappa shape index (κ2) is 3.14. The highest BCUT2D eigenvalue weighted by atomic mass is 16.5. The largest absolute Gasteiger partial charge is 0.488 e. The molecule has 0 aromatic heterocycles. The Hall–Kier alpha value is -1.22. The van der Waals surface area contributed by atoms with Crippen molar-refractivity contribution in [1.82, 2.24) is 0 Å². The minimum atomic E-state index is 0.120. The van der Waals surface area contributed by atoms with Crippen molar-refractivity contribution in [2.75, 3.05) is 6.61 Å². The van der Waals surface area contributed by atoms with Crippen LogP contribution in [0.3, 0.4) is 0 Å². The molecule has 0 amide bonds. The lowest BCUT2D eigenvalue weighted by Gasteiger charge is -2.24. The monoisotopic (exact) mass is 205 g/mol. The van der Waals surface area contributed by atoms with Gasteiger partial charge in [0.2, 0.25) is 0 Å². The maximum absolute atomic E-state index is 5.86. The second-order valence-corrected chi connectivity index (χ2v) is 4.45. The van der Waals surface area contributed by atoms with E-state index in [1.54, 1.807) is 0 Å². The van der Waals surface area contributed by atoms with Crippen LogP contribution in [0, 0.1) is 0 Å². The number of hydrogen-bond donors (Lipinski definition) is 1. The Morgan fingerprint density at radius 2 is 1.93 bits per heavy atom. The summed E-state index contributed by atoms with van der Waals surface area (Å²) in [5.41, 5.74) is 8.30. The van der Waals surface area contributed by atoms with Gasteiger partial charge in [-0.15, -0.1) is 0 Å². The van der Waals surface area contributed by atoms with Crippen molar-refractivity contribution in [3.8, 4) is 11.5 Å². The molecule has 2 N–H and O–H groups in total. The van der Waals surface area contributed by atoms with Crippen molar-refractivity contribution in [2.45, 2.75) is 31.9 Å². The lowest BCUT2D eigenvalue weighted by molar-refractivity contribution is 0.217. The first-order chi connectivity index (χ1) is 7.24. The molecule has 0 spiro atoms. The fourth-order valence-corrected chi connectivity index (χ4v) is 2.34. The molecular formula is C12H15NO2. The summed E-state index contributed by atoms with van der Waals surface area (Å²) in [6.45, 7) is 2.68. The Morgan fingerprint density at radius 3 is 2.73 bits per heavy atom. The van der Waals surface area contributed by atoms with Crippen LogP contribution in [0.4, 0.5) is 0 Å². The molecule has 80 valence electrons. The first kappa shape index (κ1) is 9.04. The van der Waals surface area contributed by atoms with Gasteiger partial charge in [-0.3, -0.25) is 0 Å². The molecule has 0 saturated carbocycles. The zero-order valence-electron chi connectivity index (χ0n) is 8.82. The van der Waals surface area contributed by atoms with Gasteiger partial charge >= 0.3 is 0 Å². The van der Waals surface area contributed by atoms with Crippen molar-refractivity contribution in [1.29, 1.82) is 0 Å². The van der Waals surface area contributed by atoms with E-state index in [2.05, 4.69) is 19.1 Å². The molecule has 2 aliphatic rings. The summed E-state index contributed by atoms with van der Waals surface area (Å²) in [5, 5.41) is 0. The molecule has 0 radical (unpaired) electrons. The SMILES string of the molecule is CC1Cc2ccc3c(c2O1)OCC(N)C3. The predicted molar refractivity (Wildman–Crippen MR) is 57.4 cm³/mol. The van der Waals surface area contributed by atoms with Gasteiger partial charge in [-0.25, -0.2) is 0 Å². The molecule has 2 heterocycles. The quantitative estimate of drug-likeness (QED) is 0.693. The molecule has 1 aromatic rings. The van der Waals surface area contributed by atoms with Gasteiger partial charge in [-0.1, -0.05) is 12.1 Å². The summed E-state index contributed by atoms with van der Waals surface area (Å²) in [5.74, 6) is 1.88. The maximum atomic E-state index is 5.86. The van der Waals surface area contributed by atoms with E-state index in [1.165, 1.54) is 11.1 Å². The van der Waals surface area contributed by atoms with Gasteiger partial charge < -0.3 is 15.2 Å². The lowest BCUT2D eigenvalue weighted by atomic mass is 10.00. The number of ether oxygens (including phenoxy) is 2. The average Bonchev–Trinajstić information content (AvgIpc) is 2.58. The number of hydrogen-bond acceptors (Lipinski definition) is 3. The third-order valence-electron chi connectivity index (χ3n) is 3.03.